The number of hydrogen-bond acceptors (Lipinski definition) is 4. The molecule has 1 aromatic heterocycles. The zero-order valence-electron chi connectivity index (χ0n) is 13.9. The molecule has 3 aromatic rings. The lowest BCUT2D eigenvalue weighted by molar-refractivity contribution is 0.163. The molecule has 2 N–H and O–H groups in total. The molecule has 0 bridgehead atoms. The number of phenolic OH excluding ortho intramolecular Hbond substituents is 1. The van der Waals surface area contributed by atoms with Crippen molar-refractivity contribution in [2.24, 2.45) is 0 Å². The van der Waals surface area contributed by atoms with Crippen molar-refractivity contribution in [1.82, 2.24) is 4.98 Å². The molecule has 5 nitrogen and oxygen atoms in total. The molecule has 0 unspecified atom stereocenters. The zero-order chi connectivity index (χ0) is 18.4. The summed E-state index contributed by atoms with van der Waals surface area (Å²) in [6.07, 6.45) is 3.21. The van der Waals surface area contributed by atoms with Gasteiger partial charge in [0.15, 0.2) is 0 Å². The number of amides is 1. The van der Waals surface area contributed by atoms with Crippen LogP contribution in [0.2, 0.25) is 5.02 Å². The van der Waals surface area contributed by atoms with Crippen molar-refractivity contribution < 1.29 is 14.6 Å². The van der Waals surface area contributed by atoms with E-state index < -0.39 is 6.09 Å². The Labute approximate surface area is 156 Å². The topological polar surface area (TPSA) is 71.5 Å². The molecule has 0 fully saturated rings. The molecule has 1 heterocycles. The van der Waals surface area contributed by atoms with Gasteiger partial charge in [0, 0.05) is 29.4 Å². The Kier molecular flexibility index (Phi) is 5.71. The van der Waals surface area contributed by atoms with Crippen LogP contribution < -0.4 is 5.32 Å². The van der Waals surface area contributed by atoms with Gasteiger partial charge in [-0.05, 0) is 35.4 Å². The molecule has 6 heteroatoms. The fourth-order valence-corrected chi connectivity index (χ4v) is 2.71. The molecular formula is C20H17ClN2O3. The molecule has 0 saturated heterocycles. The lowest BCUT2D eigenvalue weighted by Crippen LogP contribution is -2.16. The molecule has 2 aromatic carbocycles. The van der Waals surface area contributed by atoms with Crippen molar-refractivity contribution in [3.8, 4) is 16.9 Å². The number of benzene rings is 2. The van der Waals surface area contributed by atoms with E-state index >= 15 is 0 Å². The Morgan fingerprint density at radius 3 is 2.65 bits per heavy atom. The average Bonchev–Trinajstić information content (AvgIpc) is 2.65. The second kappa shape index (κ2) is 8.36. The van der Waals surface area contributed by atoms with Crippen LogP contribution in [-0.2, 0) is 11.2 Å². The van der Waals surface area contributed by atoms with E-state index in [0.717, 1.165) is 16.7 Å². The van der Waals surface area contributed by atoms with Crippen LogP contribution in [0.1, 0.15) is 5.56 Å². The second-order valence-electron chi connectivity index (χ2n) is 5.57. The summed E-state index contributed by atoms with van der Waals surface area (Å²) in [5.74, 6) is 0.172. The van der Waals surface area contributed by atoms with E-state index in [2.05, 4.69) is 10.3 Å². The lowest BCUT2D eigenvalue weighted by Gasteiger charge is -2.11. The predicted octanol–water partition coefficient (Wildman–Crippen LogP) is 4.90. The summed E-state index contributed by atoms with van der Waals surface area (Å²) in [6, 6.07) is 15.8. The molecule has 0 spiro atoms. The minimum absolute atomic E-state index is 0.172. The molecule has 0 atom stereocenters. The van der Waals surface area contributed by atoms with E-state index in [0.29, 0.717) is 17.1 Å². The summed E-state index contributed by atoms with van der Waals surface area (Å²) < 4.78 is 5.25. The summed E-state index contributed by atoms with van der Waals surface area (Å²) in [4.78, 5) is 16.2. The number of nitrogens with zero attached hydrogens (tertiary/aromatic N) is 1. The number of nitrogens with one attached hydrogen (secondary N) is 1. The Morgan fingerprint density at radius 1 is 1.12 bits per heavy atom. The Balaban J connectivity index is 1.63. The van der Waals surface area contributed by atoms with Crippen LogP contribution in [0.15, 0.2) is 67.0 Å². The van der Waals surface area contributed by atoms with Gasteiger partial charge in [0.05, 0.1) is 12.3 Å². The third-order valence-corrected chi connectivity index (χ3v) is 4.17. The number of pyridine rings is 1. The first-order valence-corrected chi connectivity index (χ1v) is 8.42. The summed E-state index contributed by atoms with van der Waals surface area (Å²) in [6.45, 7) is 0.217. The van der Waals surface area contributed by atoms with E-state index in [1.807, 2.05) is 18.2 Å². The minimum atomic E-state index is -0.553. The summed E-state index contributed by atoms with van der Waals surface area (Å²) >= 11 is 6.09. The van der Waals surface area contributed by atoms with Crippen LogP contribution >= 0.6 is 11.6 Å². The highest BCUT2D eigenvalue weighted by molar-refractivity contribution is 6.31. The van der Waals surface area contributed by atoms with Gasteiger partial charge in [-0.25, -0.2) is 4.79 Å². The maximum atomic E-state index is 12.1. The number of ether oxygens (including phenoxy) is 1. The number of anilines is 1. The number of rotatable bonds is 5. The number of carbonyl (C=O) groups is 1. The van der Waals surface area contributed by atoms with Gasteiger partial charge in [-0.2, -0.15) is 0 Å². The highest BCUT2D eigenvalue weighted by Crippen LogP contribution is 2.28. The van der Waals surface area contributed by atoms with Crippen molar-refractivity contribution >= 4 is 23.4 Å². The van der Waals surface area contributed by atoms with Crippen LogP contribution in [0.3, 0.4) is 0 Å². The van der Waals surface area contributed by atoms with Crippen LogP contribution in [0.25, 0.3) is 11.1 Å². The van der Waals surface area contributed by atoms with Crippen LogP contribution in [0.5, 0.6) is 5.75 Å². The summed E-state index contributed by atoms with van der Waals surface area (Å²) in [7, 11) is 0. The standard InChI is InChI=1S/C20H17ClN2O3/c21-18-4-2-1-3-15(18)10-12-26-20(25)23-19-9-11-22-13-17(19)14-5-7-16(24)8-6-14/h1-9,11,13,24H,10,12H2,(H,22,23,25). The van der Waals surface area contributed by atoms with E-state index in [1.54, 1.807) is 48.8 Å². The van der Waals surface area contributed by atoms with Gasteiger partial charge >= 0.3 is 6.09 Å². The van der Waals surface area contributed by atoms with Gasteiger partial charge < -0.3 is 9.84 Å². The fourth-order valence-electron chi connectivity index (χ4n) is 2.48. The predicted molar refractivity (Wildman–Crippen MR) is 101 cm³/mol. The molecule has 26 heavy (non-hydrogen) atoms. The van der Waals surface area contributed by atoms with Gasteiger partial charge in [0.25, 0.3) is 0 Å². The molecule has 3 rings (SSSR count). The van der Waals surface area contributed by atoms with E-state index in [4.69, 9.17) is 16.3 Å². The molecule has 0 aliphatic heterocycles. The molecule has 0 saturated carbocycles. The quantitative estimate of drug-likeness (QED) is 0.672. The van der Waals surface area contributed by atoms with Crippen molar-refractivity contribution in [3.05, 3.63) is 77.6 Å². The first-order chi connectivity index (χ1) is 12.6. The van der Waals surface area contributed by atoms with Gasteiger partial charge in [0.2, 0.25) is 0 Å². The number of halogens is 1. The molecule has 132 valence electrons. The van der Waals surface area contributed by atoms with Crippen molar-refractivity contribution in [2.75, 3.05) is 11.9 Å². The van der Waals surface area contributed by atoms with Crippen molar-refractivity contribution in [1.29, 1.82) is 0 Å². The number of hydrogen-bond donors (Lipinski definition) is 2. The van der Waals surface area contributed by atoms with E-state index in [1.165, 1.54) is 0 Å². The van der Waals surface area contributed by atoms with Gasteiger partial charge in [-0.3, -0.25) is 10.3 Å². The first-order valence-electron chi connectivity index (χ1n) is 8.04. The maximum Gasteiger partial charge on any atom is 0.411 e. The second-order valence-corrected chi connectivity index (χ2v) is 5.98. The highest BCUT2D eigenvalue weighted by atomic mass is 35.5. The molecule has 0 aliphatic carbocycles. The van der Waals surface area contributed by atoms with Gasteiger partial charge in [-0.1, -0.05) is 41.9 Å². The zero-order valence-corrected chi connectivity index (χ0v) is 14.6. The van der Waals surface area contributed by atoms with Crippen LogP contribution in [0.4, 0.5) is 10.5 Å². The van der Waals surface area contributed by atoms with E-state index in [-0.39, 0.29) is 12.4 Å². The van der Waals surface area contributed by atoms with E-state index in [9.17, 15) is 9.90 Å². The van der Waals surface area contributed by atoms with Crippen LogP contribution in [-0.4, -0.2) is 22.8 Å². The molecule has 0 aliphatic rings. The Hall–Kier alpha value is -3.05. The largest absolute Gasteiger partial charge is 0.508 e. The summed E-state index contributed by atoms with van der Waals surface area (Å²) in [5.41, 5.74) is 3.06. The average molecular weight is 369 g/mol. The molecule has 1 amide bonds. The third kappa shape index (κ3) is 4.52. The number of aromatic hydroxyl groups is 1. The lowest BCUT2D eigenvalue weighted by atomic mass is 10.1. The minimum Gasteiger partial charge on any atom is -0.508 e. The molecule has 0 radical (unpaired) electrons. The smallest absolute Gasteiger partial charge is 0.411 e. The monoisotopic (exact) mass is 368 g/mol. The maximum absolute atomic E-state index is 12.1. The summed E-state index contributed by atoms with van der Waals surface area (Å²) in [5, 5.41) is 12.8. The number of aromatic nitrogens is 1. The van der Waals surface area contributed by atoms with Crippen molar-refractivity contribution in [2.45, 2.75) is 6.42 Å². The first kappa shape index (κ1) is 17.8. The highest BCUT2D eigenvalue weighted by Gasteiger charge is 2.10. The molecular weight excluding hydrogens is 352 g/mol. The Bertz CT molecular complexity index is 898. The Morgan fingerprint density at radius 2 is 1.88 bits per heavy atom. The van der Waals surface area contributed by atoms with Crippen molar-refractivity contribution in [3.63, 3.8) is 0 Å². The van der Waals surface area contributed by atoms with Gasteiger partial charge in [0.1, 0.15) is 5.75 Å². The normalized spacial score (nSPS) is 10.3. The third-order valence-electron chi connectivity index (χ3n) is 3.80. The van der Waals surface area contributed by atoms with Crippen LogP contribution in [0, 0.1) is 0 Å². The van der Waals surface area contributed by atoms with Gasteiger partial charge in [-0.15, -0.1) is 0 Å². The number of carbonyl (C=O) groups excluding carboxylic acids is 1. The fraction of sp³-hybridized carbons (Fsp3) is 0.100. The number of phenols is 1. The SMILES string of the molecule is O=C(Nc1ccncc1-c1ccc(O)cc1)OCCc1ccccc1Cl.